The van der Waals surface area contributed by atoms with E-state index in [0.717, 1.165) is 17.1 Å². The fourth-order valence-electron chi connectivity index (χ4n) is 4.26. The molecule has 4 aromatic rings. The summed E-state index contributed by atoms with van der Waals surface area (Å²) in [6, 6.07) is 36.2. The van der Waals surface area contributed by atoms with Crippen LogP contribution in [0.15, 0.2) is 103 Å². The lowest BCUT2D eigenvalue weighted by atomic mass is 9.79. The van der Waals surface area contributed by atoms with Gasteiger partial charge in [0.2, 0.25) is 0 Å². The molecule has 5 rings (SSSR count). The summed E-state index contributed by atoms with van der Waals surface area (Å²) in [5.74, 6) is 1.05. The Morgan fingerprint density at radius 3 is 2.04 bits per heavy atom. The van der Waals surface area contributed by atoms with Crippen LogP contribution in [-0.2, 0) is 0 Å². The second-order valence-corrected chi connectivity index (χ2v) is 6.97. The number of nitrogens with zero attached hydrogens (tertiary/aromatic N) is 1. The van der Waals surface area contributed by atoms with E-state index in [2.05, 4.69) is 108 Å². The van der Waals surface area contributed by atoms with Crippen molar-refractivity contribution in [2.45, 2.75) is 5.92 Å². The Morgan fingerprint density at radius 2 is 1.29 bits per heavy atom. The Hall–Kier alpha value is -3.52. The third-order valence-electron chi connectivity index (χ3n) is 5.43. The molecule has 0 aromatic heterocycles. The summed E-state index contributed by atoms with van der Waals surface area (Å²) in [6.45, 7) is 0. The van der Waals surface area contributed by atoms with E-state index in [1.165, 1.54) is 22.4 Å². The van der Waals surface area contributed by atoms with Gasteiger partial charge in [0.1, 0.15) is 5.75 Å². The Balaban J connectivity index is 1.85. The van der Waals surface area contributed by atoms with E-state index in [4.69, 9.17) is 4.74 Å². The Labute approximate surface area is 165 Å². The summed E-state index contributed by atoms with van der Waals surface area (Å²) >= 11 is 0. The van der Waals surface area contributed by atoms with Crippen LogP contribution in [0.5, 0.6) is 5.75 Å². The van der Waals surface area contributed by atoms with Gasteiger partial charge in [-0.3, -0.25) is 0 Å². The van der Waals surface area contributed by atoms with E-state index in [1.54, 1.807) is 7.11 Å². The minimum Gasteiger partial charge on any atom is -0.496 e. The molecule has 0 saturated carbocycles. The molecule has 1 atom stereocenters. The molecule has 1 aliphatic rings. The predicted octanol–water partition coefficient (Wildman–Crippen LogP) is 6.66. The van der Waals surface area contributed by atoms with Crippen LogP contribution in [0.4, 0.5) is 17.1 Å². The zero-order valence-electron chi connectivity index (χ0n) is 15.7. The lowest BCUT2D eigenvalue weighted by molar-refractivity contribution is 0.409. The van der Waals surface area contributed by atoms with Crippen LogP contribution in [-0.4, -0.2) is 7.11 Å². The number of ether oxygens (including phenoxy) is 1. The van der Waals surface area contributed by atoms with Crippen LogP contribution in [0.1, 0.15) is 22.6 Å². The van der Waals surface area contributed by atoms with Crippen LogP contribution < -0.4 is 9.64 Å². The van der Waals surface area contributed by atoms with Crippen molar-refractivity contribution in [1.82, 2.24) is 0 Å². The molecular formula is C26H21NO. The number of rotatable bonds is 3. The zero-order chi connectivity index (χ0) is 18.9. The van der Waals surface area contributed by atoms with Crippen molar-refractivity contribution >= 4 is 17.1 Å². The first-order chi connectivity index (χ1) is 13.9. The first kappa shape index (κ1) is 16.6. The summed E-state index contributed by atoms with van der Waals surface area (Å²) in [5, 5.41) is 0. The zero-order valence-corrected chi connectivity index (χ0v) is 15.7. The maximum Gasteiger partial charge on any atom is 0.125 e. The molecule has 0 bridgehead atoms. The third kappa shape index (κ3) is 2.57. The lowest BCUT2D eigenvalue weighted by Gasteiger charge is -2.38. The van der Waals surface area contributed by atoms with Crippen molar-refractivity contribution in [3.8, 4) is 5.75 Å². The Morgan fingerprint density at radius 1 is 0.643 bits per heavy atom. The van der Waals surface area contributed by atoms with E-state index >= 15 is 0 Å². The quantitative estimate of drug-likeness (QED) is 0.355. The Bertz CT molecular complexity index is 1110. The molecule has 2 nitrogen and oxygen atoms in total. The molecule has 1 unspecified atom stereocenters. The minimum atomic E-state index is 0.128. The summed E-state index contributed by atoms with van der Waals surface area (Å²) in [7, 11) is 1.75. The van der Waals surface area contributed by atoms with Crippen LogP contribution in [0, 0.1) is 0 Å². The highest BCUT2D eigenvalue weighted by Gasteiger charge is 2.34. The summed E-state index contributed by atoms with van der Waals surface area (Å²) in [4.78, 5) is 2.34. The average Bonchev–Trinajstić information content (AvgIpc) is 2.78. The maximum absolute atomic E-state index is 5.84. The number of anilines is 3. The van der Waals surface area contributed by atoms with Gasteiger partial charge in [-0.15, -0.1) is 0 Å². The van der Waals surface area contributed by atoms with Crippen molar-refractivity contribution < 1.29 is 4.74 Å². The normalized spacial score (nSPS) is 14.9. The molecule has 0 radical (unpaired) electrons. The number of benzene rings is 4. The molecule has 0 fully saturated rings. The van der Waals surface area contributed by atoms with E-state index in [1.807, 2.05) is 0 Å². The fraction of sp³-hybridized carbons (Fsp3) is 0.0769. The maximum atomic E-state index is 5.84. The van der Waals surface area contributed by atoms with Crippen molar-refractivity contribution in [3.63, 3.8) is 0 Å². The lowest BCUT2D eigenvalue weighted by Crippen LogP contribution is -2.22. The van der Waals surface area contributed by atoms with Gasteiger partial charge in [0.15, 0.2) is 0 Å². The molecule has 0 amide bonds. The second-order valence-electron chi connectivity index (χ2n) is 6.97. The van der Waals surface area contributed by atoms with Crippen molar-refractivity contribution in [2.24, 2.45) is 0 Å². The molecule has 2 heteroatoms. The molecule has 4 aromatic carbocycles. The summed E-state index contributed by atoms with van der Waals surface area (Å²) in [5.41, 5.74) is 7.29. The first-order valence-corrected chi connectivity index (χ1v) is 9.54. The fourth-order valence-corrected chi connectivity index (χ4v) is 4.26. The van der Waals surface area contributed by atoms with Gasteiger partial charge in [0, 0.05) is 17.2 Å². The van der Waals surface area contributed by atoms with Gasteiger partial charge in [-0.25, -0.2) is 0 Å². The molecule has 1 aliphatic heterocycles. The molecular weight excluding hydrogens is 342 g/mol. The molecule has 0 saturated heterocycles. The first-order valence-electron chi connectivity index (χ1n) is 9.54. The van der Waals surface area contributed by atoms with E-state index in [9.17, 15) is 0 Å². The van der Waals surface area contributed by atoms with Crippen molar-refractivity contribution in [3.05, 3.63) is 120 Å². The SMILES string of the molecule is COc1cccc2c1C(c1ccccc1)c1ccccc1N2c1ccccc1. The molecule has 136 valence electrons. The van der Waals surface area contributed by atoms with Gasteiger partial charge in [0.05, 0.1) is 18.5 Å². The number of hydrogen-bond donors (Lipinski definition) is 0. The average molecular weight is 363 g/mol. The van der Waals surface area contributed by atoms with Crippen LogP contribution in [0.2, 0.25) is 0 Å². The van der Waals surface area contributed by atoms with Gasteiger partial charge in [-0.2, -0.15) is 0 Å². The van der Waals surface area contributed by atoms with E-state index in [-0.39, 0.29) is 5.92 Å². The molecule has 0 aliphatic carbocycles. The number of hydrogen-bond acceptors (Lipinski definition) is 2. The smallest absolute Gasteiger partial charge is 0.125 e. The van der Waals surface area contributed by atoms with Crippen LogP contribution in [0.3, 0.4) is 0 Å². The highest BCUT2D eigenvalue weighted by Crippen LogP contribution is 2.53. The number of methoxy groups -OCH3 is 1. The summed E-state index contributed by atoms with van der Waals surface area (Å²) in [6.07, 6.45) is 0. The highest BCUT2D eigenvalue weighted by atomic mass is 16.5. The van der Waals surface area contributed by atoms with Gasteiger partial charge in [-0.1, -0.05) is 72.8 Å². The van der Waals surface area contributed by atoms with Crippen molar-refractivity contribution in [1.29, 1.82) is 0 Å². The third-order valence-corrected chi connectivity index (χ3v) is 5.43. The largest absolute Gasteiger partial charge is 0.496 e. The van der Waals surface area contributed by atoms with E-state index < -0.39 is 0 Å². The van der Waals surface area contributed by atoms with Gasteiger partial charge in [0.25, 0.3) is 0 Å². The van der Waals surface area contributed by atoms with Gasteiger partial charge < -0.3 is 9.64 Å². The van der Waals surface area contributed by atoms with Crippen LogP contribution >= 0.6 is 0 Å². The predicted molar refractivity (Wildman–Crippen MR) is 115 cm³/mol. The number of para-hydroxylation sites is 2. The molecule has 0 N–H and O–H groups in total. The van der Waals surface area contributed by atoms with E-state index in [0.29, 0.717) is 0 Å². The standard InChI is InChI=1S/C26H21NO/c1-28-24-18-10-17-23-26(24)25(19-11-4-2-5-12-19)21-15-8-9-16-22(21)27(23)20-13-6-3-7-14-20/h2-18,25H,1H3. The Kier molecular flexibility index (Phi) is 4.10. The molecule has 0 spiro atoms. The molecule has 1 heterocycles. The summed E-state index contributed by atoms with van der Waals surface area (Å²) < 4.78 is 5.84. The van der Waals surface area contributed by atoms with Crippen molar-refractivity contribution in [2.75, 3.05) is 12.0 Å². The topological polar surface area (TPSA) is 12.5 Å². The monoisotopic (exact) mass is 363 g/mol. The van der Waals surface area contributed by atoms with Gasteiger partial charge >= 0.3 is 0 Å². The van der Waals surface area contributed by atoms with Gasteiger partial charge in [-0.05, 0) is 41.5 Å². The number of fused-ring (bicyclic) bond motifs is 2. The van der Waals surface area contributed by atoms with Crippen LogP contribution in [0.25, 0.3) is 0 Å². The second kappa shape index (κ2) is 6.90. The minimum absolute atomic E-state index is 0.128. The molecule has 28 heavy (non-hydrogen) atoms. The highest BCUT2D eigenvalue weighted by molar-refractivity contribution is 5.87.